The van der Waals surface area contributed by atoms with E-state index >= 15 is 0 Å². The van der Waals surface area contributed by atoms with Crippen LogP contribution in [0.25, 0.3) is 0 Å². The summed E-state index contributed by atoms with van der Waals surface area (Å²) in [6.07, 6.45) is 1.68. The SMILES string of the molecule is C=CCn1c(COc2ccc(F)cc2)nnc1SCC(=O)Nc1cc(Cl)c(Cl)cc1Cl. The maximum absolute atomic E-state index is 13.0. The van der Waals surface area contributed by atoms with Crippen molar-refractivity contribution < 1.29 is 13.9 Å². The summed E-state index contributed by atoms with van der Waals surface area (Å²) in [6, 6.07) is 8.62. The summed E-state index contributed by atoms with van der Waals surface area (Å²) in [5.74, 6) is 0.454. The number of hydrogen-bond acceptors (Lipinski definition) is 5. The Morgan fingerprint density at radius 3 is 2.58 bits per heavy atom. The fourth-order valence-corrected chi connectivity index (χ4v) is 3.82. The third-order valence-electron chi connectivity index (χ3n) is 3.90. The highest BCUT2D eigenvalue weighted by Crippen LogP contribution is 2.32. The molecular formula is C20H16Cl3FN4O2S. The van der Waals surface area contributed by atoms with Crippen LogP contribution in [0, 0.1) is 5.82 Å². The molecule has 0 unspecified atom stereocenters. The molecule has 3 aromatic rings. The van der Waals surface area contributed by atoms with Crippen molar-refractivity contribution in [3.63, 3.8) is 0 Å². The highest BCUT2D eigenvalue weighted by molar-refractivity contribution is 7.99. The molecule has 0 atom stereocenters. The van der Waals surface area contributed by atoms with E-state index < -0.39 is 0 Å². The zero-order valence-corrected chi connectivity index (χ0v) is 19.0. The molecule has 0 aliphatic heterocycles. The Balaban J connectivity index is 1.63. The number of amides is 1. The zero-order chi connectivity index (χ0) is 22.4. The lowest BCUT2D eigenvalue weighted by molar-refractivity contribution is -0.113. The first kappa shape index (κ1) is 23.4. The summed E-state index contributed by atoms with van der Waals surface area (Å²) >= 11 is 19.2. The number of carbonyl (C=O) groups excluding carboxylic acids is 1. The van der Waals surface area contributed by atoms with Crippen molar-refractivity contribution in [1.29, 1.82) is 0 Å². The van der Waals surface area contributed by atoms with Crippen LogP contribution in [-0.4, -0.2) is 26.4 Å². The lowest BCUT2D eigenvalue weighted by Gasteiger charge is -2.10. The Labute approximate surface area is 197 Å². The molecule has 1 N–H and O–H groups in total. The molecule has 3 rings (SSSR count). The van der Waals surface area contributed by atoms with Gasteiger partial charge in [0.1, 0.15) is 18.2 Å². The second-order valence-electron chi connectivity index (χ2n) is 6.12. The van der Waals surface area contributed by atoms with Crippen molar-refractivity contribution in [2.45, 2.75) is 18.3 Å². The van der Waals surface area contributed by atoms with Crippen LogP contribution in [0.1, 0.15) is 5.82 Å². The monoisotopic (exact) mass is 500 g/mol. The van der Waals surface area contributed by atoms with Crippen LogP contribution in [0.4, 0.5) is 10.1 Å². The van der Waals surface area contributed by atoms with Gasteiger partial charge in [-0.25, -0.2) is 4.39 Å². The van der Waals surface area contributed by atoms with E-state index in [4.69, 9.17) is 39.5 Å². The molecule has 0 radical (unpaired) electrons. The molecule has 0 fully saturated rings. The van der Waals surface area contributed by atoms with Crippen LogP contribution in [-0.2, 0) is 17.9 Å². The zero-order valence-electron chi connectivity index (χ0n) is 15.9. The maximum atomic E-state index is 13.0. The largest absolute Gasteiger partial charge is 0.486 e. The molecule has 0 aliphatic carbocycles. The van der Waals surface area contributed by atoms with Gasteiger partial charge in [0.15, 0.2) is 11.0 Å². The molecule has 0 saturated heterocycles. The van der Waals surface area contributed by atoms with Gasteiger partial charge in [-0.15, -0.1) is 16.8 Å². The van der Waals surface area contributed by atoms with Crippen LogP contribution in [0.2, 0.25) is 15.1 Å². The number of carbonyl (C=O) groups is 1. The van der Waals surface area contributed by atoms with Crippen molar-refractivity contribution in [1.82, 2.24) is 14.8 Å². The van der Waals surface area contributed by atoms with Gasteiger partial charge in [-0.05, 0) is 36.4 Å². The first-order valence-electron chi connectivity index (χ1n) is 8.86. The number of halogens is 4. The normalized spacial score (nSPS) is 10.7. The fraction of sp³-hybridized carbons (Fsp3) is 0.150. The fourth-order valence-electron chi connectivity index (χ4n) is 2.46. The highest BCUT2D eigenvalue weighted by Gasteiger charge is 2.15. The van der Waals surface area contributed by atoms with E-state index in [1.807, 2.05) is 0 Å². The number of aromatic nitrogens is 3. The molecule has 0 saturated carbocycles. The number of rotatable bonds is 9. The Hall–Kier alpha value is -2.26. The first-order valence-corrected chi connectivity index (χ1v) is 11.0. The van der Waals surface area contributed by atoms with Crippen LogP contribution in [0.5, 0.6) is 5.75 Å². The molecule has 1 heterocycles. The lowest BCUT2D eigenvalue weighted by Crippen LogP contribution is -2.15. The minimum absolute atomic E-state index is 0.0602. The topological polar surface area (TPSA) is 69.0 Å². The number of nitrogens with zero attached hydrogens (tertiary/aromatic N) is 3. The molecule has 1 amide bonds. The molecule has 2 aromatic carbocycles. The second-order valence-corrected chi connectivity index (χ2v) is 8.29. The molecule has 31 heavy (non-hydrogen) atoms. The first-order chi connectivity index (χ1) is 14.9. The number of ether oxygens (including phenoxy) is 1. The summed E-state index contributed by atoms with van der Waals surface area (Å²) in [5, 5.41) is 12.3. The van der Waals surface area contributed by atoms with E-state index in [1.54, 1.807) is 10.6 Å². The predicted molar refractivity (Wildman–Crippen MR) is 122 cm³/mol. The van der Waals surface area contributed by atoms with E-state index in [0.29, 0.717) is 34.0 Å². The highest BCUT2D eigenvalue weighted by atomic mass is 35.5. The third-order valence-corrected chi connectivity index (χ3v) is 5.90. The van der Waals surface area contributed by atoms with Gasteiger partial charge < -0.3 is 10.1 Å². The van der Waals surface area contributed by atoms with E-state index in [1.165, 1.54) is 48.2 Å². The predicted octanol–water partition coefficient (Wildman–Crippen LogP) is 5.87. The van der Waals surface area contributed by atoms with Gasteiger partial charge in [0.05, 0.1) is 26.5 Å². The Morgan fingerprint density at radius 2 is 1.87 bits per heavy atom. The maximum Gasteiger partial charge on any atom is 0.234 e. The van der Waals surface area contributed by atoms with Crippen LogP contribution in [0.3, 0.4) is 0 Å². The van der Waals surface area contributed by atoms with Crippen molar-refractivity contribution in [3.05, 3.63) is 75.8 Å². The van der Waals surface area contributed by atoms with Crippen LogP contribution < -0.4 is 10.1 Å². The number of thioether (sulfide) groups is 1. The lowest BCUT2D eigenvalue weighted by atomic mass is 10.3. The van der Waals surface area contributed by atoms with Gasteiger partial charge in [-0.3, -0.25) is 9.36 Å². The Kier molecular flexibility index (Phi) is 8.20. The van der Waals surface area contributed by atoms with Crippen molar-refractivity contribution >= 4 is 58.2 Å². The second kappa shape index (κ2) is 10.9. The van der Waals surface area contributed by atoms with Gasteiger partial charge in [0.2, 0.25) is 5.91 Å². The van der Waals surface area contributed by atoms with Crippen molar-refractivity contribution in [3.8, 4) is 5.75 Å². The van der Waals surface area contributed by atoms with Gasteiger partial charge in [-0.2, -0.15) is 0 Å². The molecule has 6 nitrogen and oxygen atoms in total. The number of hydrogen-bond donors (Lipinski definition) is 1. The molecule has 11 heteroatoms. The van der Waals surface area contributed by atoms with Crippen LogP contribution in [0.15, 0.2) is 54.2 Å². The summed E-state index contributed by atoms with van der Waals surface area (Å²) < 4.78 is 20.4. The van der Waals surface area contributed by atoms with Crippen LogP contribution >= 0.6 is 46.6 Å². The molecule has 162 valence electrons. The Morgan fingerprint density at radius 1 is 1.16 bits per heavy atom. The summed E-state index contributed by atoms with van der Waals surface area (Å²) in [6.45, 7) is 4.29. The van der Waals surface area contributed by atoms with Crippen molar-refractivity contribution in [2.75, 3.05) is 11.1 Å². The minimum Gasteiger partial charge on any atom is -0.486 e. The van der Waals surface area contributed by atoms with Gasteiger partial charge in [-0.1, -0.05) is 52.6 Å². The molecular weight excluding hydrogens is 486 g/mol. The molecule has 1 aromatic heterocycles. The van der Waals surface area contributed by atoms with Gasteiger partial charge in [0, 0.05) is 6.54 Å². The molecule has 0 bridgehead atoms. The summed E-state index contributed by atoms with van der Waals surface area (Å²) in [7, 11) is 0. The third kappa shape index (κ3) is 6.36. The van der Waals surface area contributed by atoms with E-state index in [-0.39, 0.29) is 34.1 Å². The average Bonchev–Trinajstić information content (AvgIpc) is 3.12. The average molecular weight is 502 g/mol. The molecule has 0 spiro atoms. The summed E-state index contributed by atoms with van der Waals surface area (Å²) in [5.41, 5.74) is 0.364. The van der Waals surface area contributed by atoms with Gasteiger partial charge in [0.25, 0.3) is 0 Å². The number of benzene rings is 2. The molecule has 0 aliphatic rings. The minimum atomic E-state index is -0.346. The number of anilines is 1. The van der Waals surface area contributed by atoms with Gasteiger partial charge >= 0.3 is 0 Å². The smallest absolute Gasteiger partial charge is 0.234 e. The standard InChI is InChI=1S/C20H16Cl3FN4O2S/c1-2-7-28-18(10-30-13-5-3-12(24)4-6-13)26-27-20(28)31-11-19(29)25-17-9-15(22)14(21)8-16(17)23/h2-6,8-9H,1,7,10-11H2,(H,25,29). The van der Waals surface area contributed by atoms with E-state index in [9.17, 15) is 9.18 Å². The van der Waals surface area contributed by atoms with Crippen molar-refractivity contribution in [2.24, 2.45) is 0 Å². The quantitative estimate of drug-likeness (QED) is 0.225. The number of nitrogens with one attached hydrogen (secondary N) is 1. The Bertz CT molecular complexity index is 1090. The van der Waals surface area contributed by atoms with E-state index in [2.05, 4.69) is 22.1 Å². The summed E-state index contributed by atoms with van der Waals surface area (Å²) in [4.78, 5) is 12.3. The van der Waals surface area contributed by atoms with E-state index in [0.717, 1.165) is 0 Å². The number of allylic oxidation sites excluding steroid dienone is 1.